The Balaban J connectivity index is 2.38. The molecule has 1 amide bonds. The van der Waals surface area contributed by atoms with Gasteiger partial charge in [-0.3, -0.25) is 4.79 Å². The lowest BCUT2D eigenvalue weighted by Gasteiger charge is -2.10. The van der Waals surface area contributed by atoms with Gasteiger partial charge in [-0.15, -0.1) is 0 Å². The molecule has 0 spiro atoms. The summed E-state index contributed by atoms with van der Waals surface area (Å²) < 4.78 is 0. The Morgan fingerprint density at radius 2 is 2.12 bits per heavy atom. The first kappa shape index (κ1) is 14.0. The second kappa shape index (κ2) is 6.62. The van der Waals surface area contributed by atoms with E-state index >= 15 is 0 Å². The van der Waals surface area contributed by atoms with Crippen LogP contribution in [0.15, 0.2) is 18.2 Å². The summed E-state index contributed by atoms with van der Waals surface area (Å²) in [6.45, 7) is 6.79. The number of halogens is 1. The van der Waals surface area contributed by atoms with Gasteiger partial charge in [-0.1, -0.05) is 23.7 Å². The summed E-state index contributed by atoms with van der Waals surface area (Å²) in [6, 6.07) is 6.08. The summed E-state index contributed by atoms with van der Waals surface area (Å²) in [4.78, 5) is 11.4. The maximum absolute atomic E-state index is 11.4. The van der Waals surface area contributed by atoms with Gasteiger partial charge >= 0.3 is 0 Å². The maximum atomic E-state index is 11.4. The highest BCUT2D eigenvalue weighted by molar-refractivity contribution is 6.31. The lowest BCUT2D eigenvalue weighted by atomic mass is 10.1. The molecule has 1 aromatic carbocycles. The fourth-order valence-corrected chi connectivity index (χ4v) is 1.78. The minimum atomic E-state index is 0.00299. The standard InChI is InChI=1S/C13H19ClN2O/c1-9(2)16-13(17)8-15-7-11-5-4-10(3)6-12(11)14/h4-6,9,15H,7-8H2,1-3H3,(H,16,17). The number of hydrogen-bond acceptors (Lipinski definition) is 2. The van der Waals surface area contributed by atoms with Crippen molar-refractivity contribution in [2.75, 3.05) is 6.54 Å². The van der Waals surface area contributed by atoms with Gasteiger partial charge in [0.15, 0.2) is 0 Å². The number of aryl methyl sites for hydroxylation is 1. The Labute approximate surface area is 108 Å². The van der Waals surface area contributed by atoms with E-state index in [-0.39, 0.29) is 11.9 Å². The van der Waals surface area contributed by atoms with Crippen LogP contribution in [0.2, 0.25) is 5.02 Å². The van der Waals surface area contributed by atoms with Crippen molar-refractivity contribution < 1.29 is 4.79 Å². The van der Waals surface area contributed by atoms with E-state index in [4.69, 9.17) is 11.6 Å². The average molecular weight is 255 g/mol. The minimum Gasteiger partial charge on any atom is -0.353 e. The van der Waals surface area contributed by atoms with Gasteiger partial charge in [0, 0.05) is 17.6 Å². The number of benzene rings is 1. The van der Waals surface area contributed by atoms with E-state index in [2.05, 4.69) is 10.6 Å². The first-order chi connectivity index (χ1) is 7.99. The zero-order chi connectivity index (χ0) is 12.8. The molecule has 0 unspecified atom stereocenters. The van der Waals surface area contributed by atoms with Crippen molar-refractivity contribution in [3.8, 4) is 0 Å². The van der Waals surface area contributed by atoms with Gasteiger partial charge in [0.05, 0.1) is 6.54 Å². The molecule has 0 aliphatic carbocycles. The molecular weight excluding hydrogens is 236 g/mol. The molecule has 0 radical (unpaired) electrons. The van der Waals surface area contributed by atoms with Crippen LogP contribution in [0, 0.1) is 6.92 Å². The molecule has 0 heterocycles. The number of hydrogen-bond donors (Lipinski definition) is 2. The first-order valence-corrected chi connectivity index (χ1v) is 6.12. The molecule has 1 aromatic rings. The van der Waals surface area contributed by atoms with Crippen LogP contribution in [-0.4, -0.2) is 18.5 Å². The smallest absolute Gasteiger partial charge is 0.234 e. The van der Waals surface area contributed by atoms with Crippen LogP contribution in [0.5, 0.6) is 0 Å². The molecule has 94 valence electrons. The zero-order valence-corrected chi connectivity index (χ0v) is 11.3. The van der Waals surface area contributed by atoms with E-state index in [9.17, 15) is 4.79 Å². The zero-order valence-electron chi connectivity index (χ0n) is 10.5. The summed E-state index contributed by atoms with van der Waals surface area (Å²) in [5, 5.41) is 6.63. The van der Waals surface area contributed by atoms with Gasteiger partial charge in [0.25, 0.3) is 0 Å². The largest absolute Gasteiger partial charge is 0.353 e. The normalized spacial score (nSPS) is 10.6. The molecular formula is C13H19ClN2O. The van der Waals surface area contributed by atoms with E-state index in [1.54, 1.807) is 0 Å². The van der Waals surface area contributed by atoms with E-state index in [1.807, 2.05) is 39.0 Å². The Hall–Kier alpha value is -1.06. The highest BCUT2D eigenvalue weighted by Crippen LogP contribution is 2.16. The SMILES string of the molecule is Cc1ccc(CNCC(=O)NC(C)C)c(Cl)c1. The monoisotopic (exact) mass is 254 g/mol. The van der Waals surface area contributed by atoms with Crippen molar-refractivity contribution in [1.82, 2.24) is 10.6 Å². The van der Waals surface area contributed by atoms with Crippen molar-refractivity contribution in [3.05, 3.63) is 34.3 Å². The Bertz CT molecular complexity index is 391. The predicted molar refractivity (Wildman–Crippen MR) is 71.2 cm³/mol. The Morgan fingerprint density at radius 3 is 2.71 bits per heavy atom. The third-order valence-electron chi connectivity index (χ3n) is 2.26. The lowest BCUT2D eigenvalue weighted by Crippen LogP contribution is -2.37. The molecule has 4 heteroatoms. The molecule has 1 rings (SSSR count). The topological polar surface area (TPSA) is 41.1 Å². The molecule has 0 saturated carbocycles. The number of carbonyl (C=O) groups is 1. The van der Waals surface area contributed by atoms with Gasteiger partial charge in [-0.05, 0) is 38.0 Å². The van der Waals surface area contributed by atoms with Crippen molar-refractivity contribution in [2.45, 2.75) is 33.4 Å². The van der Waals surface area contributed by atoms with Crippen LogP contribution in [0.25, 0.3) is 0 Å². The van der Waals surface area contributed by atoms with Crippen LogP contribution >= 0.6 is 11.6 Å². The molecule has 0 aromatic heterocycles. The molecule has 2 N–H and O–H groups in total. The molecule has 0 bridgehead atoms. The molecule has 0 aliphatic heterocycles. The van der Waals surface area contributed by atoms with E-state index in [0.29, 0.717) is 13.1 Å². The van der Waals surface area contributed by atoms with Crippen molar-refractivity contribution in [3.63, 3.8) is 0 Å². The minimum absolute atomic E-state index is 0.00299. The summed E-state index contributed by atoms with van der Waals surface area (Å²) in [6.07, 6.45) is 0. The van der Waals surface area contributed by atoms with Crippen LogP contribution in [0.4, 0.5) is 0 Å². The quantitative estimate of drug-likeness (QED) is 0.846. The second-order valence-corrected chi connectivity index (χ2v) is 4.83. The first-order valence-electron chi connectivity index (χ1n) is 5.74. The fourth-order valence-electron chi connectivity index (χ4n) is 1.48. The van der Waals surface area contributed by atoms with Crippen LogP contribution in [0.1, 0.15) is 25.0 Å². The molecule has 0 aliphatic rings. The highest BCUT2D eigenvalue weighted by atomic mass is 35.5. The third kappa shape index (κ3) is 5.20. The van der Waals surface area contributed by atoms with E-state index in [1.165, 1.54) is 0 Å². The maximum Gasteiger partial charge on any atom is 0.234 e. The highest BCUT2D eigenvalue weighted by Gasteiger charge is 2.04. The molecule has 0 saturated heterocycles. The molecule has 0 fully saturated rings. The summed E-state index contributed by atoms with van der Waals surface area (Å²) in [7, 11) is 0. The van der Waals surface area contributed by atoms with Gasteiger partial charge in [0.2, 0.25) is 5.91 Å². The van der Waals surface area contributed by atoms with Gasteiger partial charge in [-0.25, -0.2) is 0 Å². The van der Waals surface area contributed by atoms with Crippen molar-refractivity contribution >= 4 is 17.5 Å². The second-order valence-electron chi connectivity index (χ2n) is 4.42. The van der Waals surface area contributed by atoms with Gasteiger partial charge in [-0.2, -0.15) is 0 Å². The Morgan fingerprint density at radius 1 is 1.41 bits per heavy atom. The third-order valence-corrected chi connectivity index (χ3v) is 2.61. The van der Waals surface area contributed by atoms with Crippen LogP contribution < -0.4 is 10.6 Å². The number of amides is 1. The van der Waals surface area contributed by atoms with E-state index < -0.39 is 0 Å². The Kier molecular flexibility index (Phi) is 5.45. The predicted octanol–water partition coefficient (Wildman–Crippen LogP) is 2.26. The molecule has 3 nitrogen and oxygen atoms in total. The van der Waals surface area contributed by atoms with Gasteiger partial charge < -0.3 is 10.6 Å². The summed E-state index contributed by atoms with van der Waals surface area (Å²) >= 11 is 6.09. The van der Waals surface area contributed by atoms with Gasteiger partial charge in [0.1, 0.15) is 0 Å². The molecule has 0 atom stereocenters. The van der Waals surface area contributed by atoms with Crippen LogP contribution in [0.3, 0.4) is 0 Å². The summed E-state index contributed by atoms with van der Waals surface area (Å²) in [5.41, 5.74) is 2.14. The number of nitrogens with one attached hydrogen (secondary N) is 2. The number of carbonyl (C=O) groups excluding carboxylic acids is 1. The molecule has 17 heavy (non-hydrogen) atoms. The number of rotatable bonds is 5. The fraction of sp³-hybridized carbons (Fsp3) is 0.462. The summed E-state index contributed by atoms with van der Waals surface area (Å²) in [5.74, 6) is 0.00299. The average Bonchev–Trinajstić information content (AvgIpc) is 2.20. The van der Waals surface area contributed by atoms with E-state index in [0.717, 1.165) is 16.1 Å². The van der Waals surface area contributed by atoms with Crippen LogP contribution in [-0.2, 0) is 11.3 Å². The van der Waals surface area contributed by atoms with Crippen molar-refractivity contribution in [1.29, 1.82) is 0 Å². The lowest BCUT2D eigenvalue weighted by molar-refractivity contribution is -0.120. The van der Waals surface area contributed by atoms with Crippen molar-refractivity contribution in [2.24, 2.45) is 0 Å².